The van der Waals surface area contributed by atoms with Crippen LogP contribution in [0.1, 0.15) is 29.2 Å². The maximum Gasteiger partial charge on any atom is 0.230 e. The SMILES string of the molecule is Cc1ccc2nc(Cl)c([C@@H]3CC(c4ccc(Cl)cc4)=NN3C=O)cc2c1. The molecule has 2 aromatic carbocycles. The first kappa shape index (κ1) is 17.0. The molecule has 1 atom stereocenters. The number of fused-ring (bicyclic) bond motifs is 1. The topological polar surface area (TPSA) is 45.6 Å². The number of hydrazone groups is 1. The highest BCUT2D eigenvalue weighted by molar-refractivity contribution is 6.31. The lowest BCUT2D eigenvalue weighted by molar-refractivity contribution is -0.119. The largest absolute Gasteiger partial charge is 0.277 e. The number of pyridine rings is 1. The normalized spacial score (nSPS) is 16.8. The zero-order valence-electron chi connectivity index (χ0n) is 14.0. The lowest BCUT2D eigenvalue weighted by Crippen LogP contribution is -2.18. The van der Waals surface area contributed by atoms with Crippen LogP contribution in [0.15, 0.2) is 53.6 Å². The van der Waals surface area contributed by atoms with E-state index in [0.717, 1.165) is 39.7 Å². The summed E-state index contributed by atoms with van der Waals surface area (Å²) >= 11 is 12.4. The van der Waals surface area contributed by atoms with Crippen LogP contribution in [0.25, 0.3) is 10.9 Å². The molecule has 0 bridgehead atoms. The van der Waals surface area contributed by atoms with Gasteiger partial charge in [-0.15, -0.1) is 0 Å². The minimum Gasteiger partial charge on any atom is -0.277 e. The third-order valence-electron chi connectivity index (χ3n) is 4.54. The summed E-state index contributed by atoms with van der Waals surface area (Å²) in [5, 5.41) is 7.92. The average Bonchev–Trinajstić information content (AvgIpc) is 3.06. The zero-order chi connectivity index (χ0) is 18.3. The van der Waals surface area contributed by atoms with Gasteiger partial charge in [0.1, 0.15) is 5.15 Å². The van der Waals surface area contributed by atoms with Crippen LogP contribution in [0.3, 0.4) is 0 Å². The molecule has 0 radical (unpaired) electrons. The quantitative estimate of drug-likeness (QED) is 0.463. The summed E-state index contributed by atoms with van der Waals surface area (Å²) in [6.45, 7) is 2.03. The lowest BCUT2D eigenvalue weighted by atomic mass is 9.98. The van der Waals surface area contributed by atoms with E-state index < -0.39 is 0 Å². The minimum atomic E-state index is -0.275. The summed E-state index contributed by atoms with van der Waals surface area (Å²) in [6.07, 6.45) is 1.30. The lowest BCUT2D eigenvalue weighted by Gasteiger charge is -2.19. The van der Waals surface area contributed by atoms with E-state index in [0.29, 0.717) is 16.6 Å². The molecule has 4 rings (SSSR count). The molecule has 0 saturated carbocycles. The van der Waals surface area contributed by atoms with Gasteiger partial charge in [0, 0.05) is 22.4 Å². The molecule has 2 heterocycles. The Morgan fingerprint density at radius 3 is 2.62 bits per heavy atom. The predicted octanol–water partition coefficient (Wildman–Crippen LogP) is 5.16. The first-order chi connectivity index (χ1) is 12.5. The van der Waals surface area contributed by atoms with Crippen molar-refractivity contribution in [2.75, 3.05) is 0 Å². The molecule has 26 heavy (non-hydrogen) atoms. The molecule has 0 saturated heterocycles. The molecule has 130 valence electrons. The van der Waals surface area contributed by atoms with E-state index in [-0.39, 0.29) is 6.04 Å². The van der Waals surface area contributed by atoms with Crippen LogP contribution in [-0.4, -0.2) is 22.1 Å². The summed E-state index contributed by atoms with van der Waals surface area (Å²) in [5.41, 5.74) is 4.52. The molecule has 0 fully saturated rings. The van der Waals surface area contributed by atoms with Gasteiger partial charge in [-0.25, -0.2) is 9.99 Å². The second-order valence-corrected chi connectivity index (χ2v) is 7.12. The van der Waals surface area contributed by atoms with Gasteiger partial charge < -0.3 is 0 Å². The van der Waals surface area contributed by atoms with Gasteiger partial charge in [-0.05, 0) is 42.8 Å². The van der Waals surface area contributed by atoms with Gasteiger partial charge in [0.05, 0.1) is 17.3 Å². The van der Waals surface area contributed by atoms with Crippen molar-refractivity contribution >= 4 is 46.2 Å². The Morgan fingerprint density at radius 1 is 1.12 bits per heavy atom. The van der Waals surface area contributed by atoms with Gasteiger partial charge in [0.2, 0.25) is 6.41 Å². The molecule has 0 unspecified atom stereocenters. The number of hydrogen-bond donors (Lipinski definition) is 0. The van der Waals surface area contributed by atoms with Gasteiger partial charge in [-0.2, -0.15) is 5.10 Å². The number of amides is 1. The number of carbonyl (C=O) groups excluding carboxylic acids is 1. The van der Waals surface area contributed by atoms with Crippen molar-refractivity contribution in [3.63, 3.8) is 0 Å². The maximum absolute atomic E-state index is 11.6. The maximum atomic E-state index is 11.6. The summed E-state index contributed by atoms with van der Waals surface area (Å²) in [6, 6.07) is 15.1. The fourth-order valence-electron chi connectivity index (χ4n) is 3.22. The predicted molar refractivity (Wildman–Crippen MR) is 105 cm³/mol. The second kappa shape index (κ2) is 6.71. The van der Waals surface area contributed by atoms with Crippen molar-refractivity contribution < 1.29 is 4.79 Å². The number of benzene rings is 2. The Balaban J connectivity index is 1.73. The summed E-state index contributed by atoms with van der Waals surface area (Å²) in [5.74, 6) is 0. The summed E-state index contributed by atoms with van der Waals surface area (Å²) < 4.78 is 0. The van der Waals surface area contributed by atoms with E-state index in [1.54, 1.807) is 0 Å². The number of aryl methyl sites for hydroxylation is 1. The summed E-state index contributed by atoms with van der Waals surface area (Å²) in [7, 11) is 0. The third-order valence-corrected chi connectivity index (χ3v) is 5.09. The average molecular weight is 384 g/mol. The Bertz CT molecular complexity index is 1030. The van der Waals surface area contributed by atoms with Crippen LogP contribution in [0.4, 0.5) is 0 Å². The fraction of sp³-hybridized carbons (Fsp3) is 0.150. The standard InChI is InChI=1S/C20H15Cl2N3O/c1-12-2-7-17-14(8-12)9-16(20(22)23-17)19-10-18(24-25(19)11-26)13-3-5-15(21)6-4-13/h2-9,11,19H,10H2,1H3/t19-/m0/s1. The Hall–Kier alpha value is -2.43. The number of carbonyl (C=O) groups is 1. The Morgan fingerprint density at radius 2 is 1.88 bits per heavy atom. The van der Waals surface area contributed by atoms with Crippen molar-refractivity contribution in [3.8, 4) is 0 Å². The van der Waals surface area contributed by atoms with Gasteiger partial charge in [0.15, 0.2) is 0 Å². The number of halogens is 2. The molecule has 0 aliphatic carbocycles. The molecule has 0 N–H and O–H groups in total. The molecular weight excluding hydrogens is 369 g/mol. The van der Waals surface area contributed by atoms with Crippen molar-refractivity contribution in [2.45, 2.75) is 19.4 Å². The number of nitrogens with zero attached hydrogens (tertiary/aromatic N) is 3. The van der Waals surface area contributed by atoms with Crippen LogP contribution >= 0.6 is 23.2 Å². The Kier molecular flexibility index (Phi) is 4.39. The van der Waals surface area contributed by atoms with Crippen molar-refractivity contribution in [1.82, 2.24) is 9.99 Å². The monoisotopic (exact) mass is 383 g/mol. The molecule has 3 aromatic rings. The van der Waals surface area contributed by atoms with Gasteiger partial charge in [0.25, 0.3) is 0 Å². The number of rotatable bonds is 3. The van der Waals surface area contributed by atoms with Crippen molar-refractivity contribution in [2.24, 2.45) is 5.10 Å². The van der Waals surface area contributed by atoms with Gasteiger partial charge >= 0.3 is 0 Å². The van der Waals surface area contributed by atoms with E-state index >= 15 is 0 Å². The van der Waals surface area contributed by atoms with E-state index in [9.17, 15) is 4.79 Å². The molecule has 1 aliphatic rings. The number of aromatic nitrogens is 1. The molecular formula is C20H15Cl2N3O. The molecule has 1 amide bonds. The van der Waals surface area contributed by atoms with Crippen LogP contribution in [-0.2, 0) is 4.79 Å². The zero-order valence-corrected chi connectivity index (χ0v) is 15.5. The highest BCUT2D eigenvalue weighted by atomic mass is 35.5. The van der Waals surface area contributed by atoms with Crippen molar-refractivity contribution in [1.29, 1.82) is 0 Å². The molecule has 1 aromatic heterocycles. The van der Waals surface area contributed by atoms with Crippen molar-refractivity contribution in [3.05, 3.63) is 75.4 Å². The van der Waals surface area contributed by atoms with E-state index in [1.165, 1.54) is 5.01 Å². The molecule has 6 heteroatoms. The van der Waals surface area contributed by atoms with E-state index in [4.69, 9.17) is 23.2 Å². The molecule has 4 nitrogen and oxygen atoms in total. The van der Waals surface area contributed by atoms with Gasteiger partial charge in [-0.3, -0.25) is 4.79 Å². The molecule has 0 spiro atoms. The fourth-order valence-corrected chi connectivity index (χ4v) is 3.61. The first-order valence-corrected chi connectivity index (χ1v) is 8.94. The number of hydrogen-bond acceptors (Lipinski definition) is 3. The highest BCUT2D eigenvalue weighted by Gasteiger charge is 2.30. The van der Waals surface area contributed by atoms with E-state index in [2.05, 4.69) is 16.2 Å². The summed E-state index contributed by atoms with van der Waals surface area (Å²) in [4.78, 5) is 16.1. The highest BCUT2D eigenvalue weighted by Crippen LogP contribution is 2.36. The second-order valence-electron chi connectivity index (χ2n) is 6.32. The molecule has 1 aliphatic heterocycles. The third kappa shape index (κ3) is 3.06. The van der Waals surface area contributed by atoms with Gasteiger partial charge in [-0.1, -0.05) is 47.0 Å². The van der Waals surface area contributed by atoms with Crippen LogP contribution < -0.4 is 0 Å². The van der Waals surface area contributed by atoms with Crippen LogP contribution in [0.2, 0.25) is 10.2 Å². The van der Waals surface area contributed by atoms with Crippen LogP contribution in [0, 0.1) is 6.92 Å². The Labute approximate surface area is 161 Å². The van der Waals surface area contributed by atoms with E-state index in [1.807, 2.05) is 49.4 Å². The first-order valence-electron chi connectivity index (χ1n) is 8.19. The van der Waals surface area contributed by atoms with Crippen LogP contribution in [0.5, 0.6) is 0 Å². The smallest absolute Gasteiger partial charge is 0.230 e. The minimum absolute atomic E-state index is 0.275.